The van der Waals surface area contributed by atoms with Gasteiger partial charge in [0.05, 0.1) is 25.9 Å². The summed E-state index contributed by atoms with van der Waals surface area (Å²) < 4.78 is 19.9. The Bertz CT molecular complexity index is 498. The molecule has 4 atom stereocenters. The lowest BCUT2D eigenvalue weighted by Gasteiger charge is -2.37. The quantitative estimate of drug-likeness (QED) is 0.851. The lowest BCUT2D eigenvalue weighted by atomic mass is 9.78. The highest BCUT2D eigenvalue weighted by molar-refractivity contribution is 5.30. The van der Waals surface area contributed by atoms with Gasteiger partial charge >= 0.3 is 0 Å². The minimum absolute atomic E-state index is 0.155. The maximum atomic E-state index is 14.3. The summed E-state index contributed by atoms with van der Waals surface area (Å²) in [6.07, 6.45) is -1.32. The van der Waals surface area contributed by atoms with E-state index in [0.29, 0.717) is 5.56 Å². The van der Waals surface area contributed by atoms with Crippen LogP contribution in [0.5, 0.6) is 0 Å². The molecule has 1 aromatic carbocycles. The van der Waals surface area contributed by atoms with Crippen LogP contribution in [-0.2, 0) is 15.1 Å². The first-order chi connectivity index (χ1) is 9.61. The number of hydroxylamine groups is 2. The van der Waals surface area contributed by atoms with Gasteiger partial charge in [0.25, 0.3) is 0 Å². The van der Waals surface area contributed by atoms with Crippen molar-refractivity contribution in [1.82, 2.24) is 5.06 Å². The molecule has 0 aliphatic carbocycles. The van der Waals surface area contributed by atoms with Crippen molar-refractivity contribution >= 4 is 0 Å². The molecule has 6 heteroatoms. The average molecular weight is 283 g/mol. The molecule has 2 aliphatic rings. The van der Waals surface area contributed by atoms with Gasteiger partial charge in [0.2, 0.25) is 0 Å². The maximum Gasteiger partial charge on any atom is 0.128 e. The number of halogens is 1. The molecule has 2 aliphatic heterocycles. The second-order valence-corrected chi connectivity index (χ2v) is 5.30. The number of hydrogen-bond donors (Lipinski definition) is 2. The zero-order chi connectivity index (χ0) is 14.3. The van der Waals surface area contributed by atoms with Crippen molar-refractivity contribution in [2.24, 2.45) is 5.92 Å². The van der Waals surface area contributed by atoms with E-state index in [9.17, 15) is 14.6 Å². The molecule has 0 bridgehead atoms. The zero-order valence-corrected chi connectivity index (χ0v) is 11.2. The predicted octanol–water partition coefficient (Wildman–Crippen LogP) is 0.614. The molecule has 0 amide bonds. The molecule has 0 spiro atoms. The van der Waals surface area contributed by atoms with Crippen LogP contribution in [0.3, 0.4) is 0 Å². The first kappa shape index (κ1) is 13.9. The largest absolute Gasteiger partial charge is 0.394 e. The Morgan fingerprint density at radius 3 is 2.90 bits per heavy atom. The summed E-state index contributed by atoms with van der Waals surface area (Å²) in [4.78, 5) is 5.55. The monoisotopic (exact) mass is 283 g/mol. The zero-order valence-electron chi connectivity index (χ0n) is 11.2. The normalized spacial score (nSPS) is 35.2. The number of hydrogen-bond acceptors (Lipinski definition) is 5. The minimum Gasteiger partial charge on any atom is -0.394 e. The summed E-state index contributed by atoms with van der Waals surface area (Å²) in [7, 11) is 0. The standard InChI is InChI=1S/C14H18FNO4/c1-9(18)16-14(10-4-2-3-5-12(10)15)8-19-13(6-17)11(14)7-20-16/h2-5,9,11,13,17-18H,6-8H2,1H3/t9?,11-,13-,14-/m1/s1. The molecule has 0 aromatic heterocycles. The Kier molecular flexibility index (Phi) is 3.51. The van der Waals surface area contributed by atoms with Crippen LogP contribution in [0.4, 0.5) is 4.39 Å². The van der Waals surface area contributed by atoms with Crippen molar-refractivity contribution in [2.45, 2.75) is 24.8 Å². The molecule has 1 aromatic rings. The molecule has 5 nitrogen and oxygen atoms in total. The molecule has 0 radical (unpaired) electrons. The summed E-state index contributed by atoms with van der Waals surface area (Å²) in [6, 6.07) is 6.42. The number of rotatable bonds is 3. The first-order valence-electron chi connectivity index (χ1n) is 6.69. The molecule has 2 fully saturated rings. The fourth-order valence-electron chi connectivity index (χ4n) is 3.34. The smallest absolute Gasteiger partial charge is 0.128 e. The third-order valence-corrected chi connectivity index (χ3v) is 4.23. The van der Waals surface area contributed by atoms with E-state index in [2.05, 4.69) is 0 Å². The number of aliphatic hydroxyl groups is 2. The lowest BCUT2D eigenvalue weighted by Crippen LogP contribution is -2.50. The fraction of sp³-hybridized carbons (Fsp3) is 0.571. The second-order valence-electron chi connectivity index (χ2n) is 5.30. The fourth-order valence-corrected chi connectivity index (χ4v) is 3.34. The summed E-state index contributed by atoms with van der Waals surface area (Å²) in [5, 5.41) is 20.7. The van der Waals surface area contributed by atoms with Gasteiger partial charge in [-0.15, -0.1) is 5.06 Å². The van der Waals surface area contributed by atoms with Crippen molar-refractivity contribution in [3.8, 4) is 0 Å². The van der Waals surface area contributed by atoms with Crippen molar-refractivity contribution < 1.29 is 24.2 Å². The molecular formula is C14H18FNO4. The van der Waals surface area contributed by atoms with Crippen molar-refractivity contribution in [3.05, 3.63) is 35.6 Å². The summed E-state index contributed by atoms with van der Waals surface area (Å²) in [5.74, 6) is -0.588. The van der Waals surface area contributed by atoms with Gasteiger partial charge in [-0.1, -0.05) is 18.2 Å². The van der Waals surface area contributed by atoms with Crippen LogP contribution < -0.4 is 0 Å². The Morgan fingerprint density at radius 2 is 2.25 bits per heavy atom. The van der Waals surface area contributed by atoms with Crippen LogP contribution in [0.25, 0.3) is 0 Å². The summed E-state index contributed by atoms with van der Waals surface area (Å²) >= 11 is 0. The Labute approximate surface area is 116 Å². The highest BCUT2D eigenvalue weighted by Crippen LogP contribution is 2.50. The summed E-state index contributed by atoms with van der Waals surface area (Å²) in [6.45, 7) is 1.87. The SMILES string of the molecule is CC(O)N1OC[C@@H]2[C@@H](CO)OC[C@@]21c1ccccc1F. The Hall–Kier alpha value is -1.05. The van der Waals surface area contributed by atoms with E-state index in [0.717, 1.165) is 0 Å². The van der Waals surface area contributed by atoms with Crippen molar-refractivity contribution in [3.63, 3.8) is 0 Å². The molecule has 1 unspecified atom stereocenters. The van der Waals surface area contributed by atoms with Crippen LogP contribution in [0.2, 0.25) is 0 Å². The maximum absolute atomic E-state index is 14.3. The van der Waals surface area contributed by atoms with Gasteiger partial charge in [-0.25, -0.2) is 4.39 Å². The number of nitrogens with zero attached hydrogens (tertiary/aromatic N) is 1. The predicted molar refractivity (Wildman–Crippen MR) is 67.9 cm³/mol. The average Bonchev–Trinajstić information content (AvgIpc) is 2.95. The number of aliphatic hydroxyl groups excluding tert-OH is 2. The van der Waals surface area contributed by atoms with Gasteiger partial charge in [-0.3, -0.25) is 4.84 Å². The van der Waals surface area contributed by atoms with Crippen LogP contribution >= 0.6 is 0 Å². The molecule has 20 heavy (non-hydrogen) atoms. The van der Waals surface area contributed by atoms with Crippen LogP contribution in [0.1, 0.15) is 12.5 Å². The highest BCUT2D eigenvalue weighted by atomic mass is 19.1. The van der Waals surface area contributed by atoms with Crippen LogP contribution in [0, 0.1) is 11.7 Å². The van der Waals surface area contributed by atoms with E-state index in [4.69, 9.17) is 9.57 Å². The minimum atomic E-state index is -0.902. The topological polar surface area (TPSA) is 62.2 Å². The summed E-state index contributed by atoms with van der Waals surface area (Å²) in [5.41, 5.74) is -0.466. The molecular weight excluding hydrogens is 265 g/mol. The molecule has 3 rings (SSSR count). The number of ether oxygens (including phenoxy) is 1. The van der Waals surface area contributed by atoms with E-state index in [1.165, 1.54) is 11.1 Å². The molecule has 2 heterocycles. The molecule has 2 saturated heterocycles. The second kappa shape index (κ2) is 5.05. The lowest BCUT2D eigenvalue weighted by molar-refractivity contribution is -0.250. The Morgan fingerprint density at radius 1 is 1.50 bits per heavy atom. The van der Waals surface area contributed by atoms with Gasteiger partial charge in [-0.2, -0.15) is 0 Å². The first-order valence-corrected chi connectivity index (χ1v) is 6.69. The third kappa shape index (κ3) is 1.80. The van der Waals surface area contributed by atoms with E-state index < -0.39 is 17.9 Å². The van der Waals surface area contributed by atoms with Gasteiger partial charge in [0, 0.05) is 11.5 Å². The van der Waals surface area contributed by atoms with E-state index in [1.807, 2.05) is 0 Å². The number of fused-ring (bicyclic) bond motifs is 1. The van der Waals surface area contributed by atoms with Crippen molar-refractivity contribution in [1.29, 1.82) is 0 Å². The van der Waals surface area contributed by atoms with Crippen molar-refractivity contribution in [2.75, 3.05) is 19.8 Å². The van der Waals surface area contributed by atoms with E-state index >= 15 is 0 Å². The molecule has 110 valence electrons. The molecule has 0 saturated carbocycles. The van der Waals surface area contributed by atoms with Gasteiger partial charge < -0.3 is 14.9 Å². The van der Waals surface area contributed by atoms with Crippen LogP contribution in [-0.4, -0.2) is 47.4 Å². The van der Waals surface area contributed by atoms with Gasteiger partial charge in [-0.05, 0) is 13.0 Å². The van der Waals surface area contributed by atoms with Gasteiger partial charge in [0.15, 0.2) is 0 Å². The molecule has 2 N–H and O–H groups in total. The van der Waals surface area contributed by atoms with E-state index in [-0.39, 0.29) is 31.6 Å². The number of benzene rings is 1. The highest BCUT2D eigenvalue weighted by Gasteiger charge is 2.61. The third-order valence-electron chi connectivity index (χ3n) is 4.23. The van der Waals surface area contributed by atoms with E-state index in [1.54, 1.807) is 25.1 Å². The Balaban J connectivity index is 2.11. The van der Waals surface area contributed by atoms with Gasteiger partial charge in [0.1, 0.15) is 17.6 Å². The van der Waals surface area contributed by atoms with Crippen LogP contribution in [0.15, 0.2) is 24.3 Å².